The molecule has 1 N–H and O–H groups in total. The molecule has 2 aromatic rings. The SMILES string of the molecule is C=CCN1C(=O)C(CC(=O)Nc2cc(Cl)ccc2OC)SC1=Nc1ccc(C)c(C)c1. The summed E-state index contributed by atoms with van der Waals surface area (Å²) < 4.78 is 5.26. The van der Waals surface area contributed by atoms with Gasteiger partial charge in [0.05, 0.1) is 18.5 Å². The highest BCUT2D eigenvalue weighted by Gasteiger charge is 2.38. The number of aryl methyl sites for hydroxylation is 2. The van der Waals surface area contributed by atoms with E-state index < -0.39 is 5.25 Å². The molecule has 1 saturated heterocycles. The molecule has 1 heterocycles. The zero-order chi connectivity index (χ0) is 22.5. The molecule has 1 aliphatic rings. The van der Waals surface area contributed by atoms with Crippen molar-refractivity contribution >= 4 is 51.7 Å². The first-order valence-corrected chi connectivity index (χ1v) is 11.0. The van der Waals surface area contributed by atoms with Crippen LogP contribution in [-0.2, 0) is 9.59 Å². The summed E-state index contributed by atoms with van der Waals surface area (Å²) >= 11 is 7.31. The predicted octanol–water partition coefficient (Wildman–Crippen LogP) is 5.11. The van der Waals surface area contributed by atoms with Gasteiger partial charge < -0.3 is 10.1 Å². The summed E-state index contributed by atoms with van der Waals surface area (Å²) in [6.45, 7) is 8.11. The van der Waals surface area contributed by atoms with Crippen LogP contribution in [0.15, 0.2) is 54.0 Å². The Labute approximate surface area is 191 Å². The minimum atomic E-state index is -0.574. The number of nitrogens with zero attached hydrogens (tertiary/aromatic N) is 2. The van der Waals surface area contributed by atoms with Crippen LogP contribution in [0.4, 0.5) is 11.4 Å². The van der Waals surface area contributed by atoms with Crippen LogP contribution in [0.1, 0.15) is 17.5 Å². The topological polar surface area (TPSA) is 71.0 Å². The van der Waals surface area contributed by atoms with Crippen LogP contribution in [-0.4, -0.2) is 40.8 Å². The van der Waals surface area contributed by atoms with Crippen LogP contribution >= 0.6 is 23.4 Å². The van der Waals surface area contributed by atoms with Crippen molar-refractivity contribution in [2.45, 2.75) is 25.5 Å². The molecule has 0 radical (unpaired) electrons. The molecule has 0 spiro atoms. The quantitative estimate of drug-likeness (QED) is 0.586. The molecule has 0 aromatic heterocycles. The van der Waals surface area contributed by atoms with Gasteiger partial charge in [0.1, 0.15) is 11.0 Å². The molecule has 1 atom stereocenters. The number of nitrogens with one attached hydrogen (secondary N) is 1. The van der Waals surface area contributed by atoms with E-state index in [-0.39, 0.29) is 18.2 Å². The number of rotatable bonds is 7. The maximum absolute atomic E-state index is 12.9. The Hall–Kier alpha value is -2.77. The molecule has 1 unspecified atom stereocenters. The van der Waals surface area contributed by atoms with Gasteiger partial charge >= 0.3 is 0 Å². The largest absolute Gasteiger partial charge is 0.495 e. The maximum Gasteiger partial charge on any atom is 0.242 e. The monoisotopic (exact) mass is 457 g/mol. The third-order valence-corrected chi connectivity index (χ3v) is 6.26. The molecular formula is C23H24ClN3O3S. The number of carbonyl (C=O) groups excluding carboxylic acids is 2. The molecule has 162 valence electrons. The number of halogens is 1. The van der Waals surface area contributed by atoms with Crippen molar-refractivity contribution in [1.29, 1.82) is 0 Å². The normalized spacial score (nSPS) is 17.2. The minimum absolute atomic E-state index is 0.00123. The standard InChI is InChI=1S/C23H24ClN3O3S/c1-5-10-27-22(29)20(31-23(27)25-17-8-6-14(2)15(3)11-17)13-21(28)26-18-12-16(24)7-9-19(18)30-4/h5-9,11-12,20H,1,10,13H2,2-4H3,(H,26,28). The first-order valence-electron chi connectivity index (χ1n) is 9.70. The van der Waals surface area contributed by atoms with E-state index in [0.717, 1.165) is 11.3 Å². The van der Waals surface area contributed by atoms with Crippen molar-refractivity contribution in [3.05, 3.63) is 65.2 Å². The summed E-state index contributed by atoms with van der Waals surface area (Å²) in [4.78, 5) is 31.8. The molecule has 6 nitrogen and oxygen atoms in total. The molecule has 3 rings (SSSR count). The number of benzene rings is 2. The van der Waals surface area contributed by atoms with Gasteiger partial charge in [0.2, 0.25) is 11.8 Å². The number of amides is 2. The van der Waals surface area contributed by atoms with Gasteiger partial charge in [-0.1, -0.05) is 35.5 Å². The van der Waals surface area contributed by atoms with Crippen molar-refractivity contribution in [3.8, 4) is 5.75 Å². The van der Waals surface area contributed by atoms with E-state index in [1.807, 2.05) is 32.0 Å². The molecule has 2 aromatic carbocycles. The number of carbonyl (C=O) groups is 2. The number of anilines is 1. The second kappa shape index (κ2) is 10.0. The van der Waals surface area contributed by atoms with E-state index in [0.29, 0.717) is 28.2 Å². The number of methoxy groups -OCH3 is 1. The fraction of sp³-hybridized carbons (Fsp3) is 0.261. The van der Waals surface area contributed by atoms with Crippen LogP contribution in [0.3, 0.4) is 0 Å². The lowest BCUT2D eigenvalue weighted by Crippen LogP contribution is -2.33. The van der Waals surface area contributed by atoms with E-state index in [1.165, 1.54) is 24.4 Å². The average molecular weight is 458 g/mol. The van der Waals surface area contributed by atoms with Gasteiger partial charge in [0.15, 0.2) is 5.17 Å². The van der Waals surface area contributed by atoms with E-state index in [1.54, 1.807) is 29.2 Å². The van der Waals surface area contributed by atoms with Crippen molar-refractivity contribution in [1.82, 2.24) is 4.90 Å². The van der Waals surface area contributed by atoms with Gasteiger partial charge in [0.25, 0.3) is 0 Å². The summed E-state index contributed by atoms with van der Waals surface area (Å²) in [5.74, 6) is 0.0199. The minimum Gasteiger partial charge on any atom is -0.495 e. The molecular weight excluding hydrogens is 434 g/mol. The summed E-state index contributed by atoms with van der Waals surface area (Å²) in [6, 6.07) is 10.8. The molecule has 8 heteroatoms. The molecule has 0 saturated carbocycles. The Balaban J connectivity index is 1.77. The van der Waals surface area contributed by atoms with E-state index in [9.17, 15) is 9.59 Å². The van der Waals surface area contributed by atoms with Crippen LogP contribution < -0.4 is 10.1 Å². The molecule has 31 heavy (non-hydrogen) atoms. The average Bonchev–Trinajstić information content (AvgIpc) is 3.00. The molecule has 0 bridgehead atoms. The lowest BCUT2D eigenvalue weighted by molar-refractivity contribution is -0.127. The smallest absolute Gasteiger partial charge is 0.242 e. The lowest BCUT2D eigenvalue weighted by Gasteiger charge is -2.14. The van der Waals surface area contributed by atoms with E-state index >= 15 is 0 Å². The number of hydrogen-bond acceptors (Lipinski definition) is 5. The van der Waals surface area contributed by atoms with Gasteiger partial charge in [0, 0.05) is 18.0 Å². The van der Waals surface area contributed by atoms with E-state index in [2.05, 4.69) is 16.9 Å². The Kier molecular flexibility index (Phi) is 7.41. The zero-order valence-corrected chi connectivity index (χ0v) is 19.2. The Morgan fingerprint density at radius 2 is 2.06 bits per heavy atom. The molecule has 1 fully saturated rings. The van der Waals surface area contributed by atoms with Crippen molar-refractivity contribution in [2.75, 3.05) is 19.0 Å². The predicted molar refractivity (Wildman–Crippen MR) is 128 cm³/mol. The highest BCUT2D eigenvalue weighted by atomic mass is 35.5. The molecule has 2 amide bonds. The number of aliphatic imine (C=N–C) groups is 1. The summed E-state index contributed by atoms with van der Waals surface area (Å²) in [5, 5.41) is 3.24. The number of ether oxygens (including phenoxy) is 1. The van der Waals surface area contributed by atoms with Gasteiger partial charge in [-0.15, -0.1) is 6.58 Å². The lowest BCUT2D eigenvalue weighted by atomic mass is 10.1. The fourth-order valence-electron chi connectivity index (χ4n) is 3.08. The van der Waals surface area contributed by atoms with Crippen LogP contribution in [0.2, 0.25) is 5.02 Å². The Bertz CT molecular complexity index is 1050. The summed E-state index contributed by atoms with van der Waals surface area (Å²) in [7, 11) is 1.51. The fourth-order valence-corrected chi connectivity index (χ4v) is 4.41. The highest BCUT2D eigenvalue weighted by molar-refractivity contribution is 8.15. The second-order valence-corrected chi connectivity index (χ2v) is 8.71. The first-order chi connectivity index (χ1) is 14.8. The molecule has 0 aliphatic carbocycles. The first kappa shape index (κ1) is 22.9. The Morgan fingerprint density at radius 1 is 1.29 bits per heavy atom. The van der Waals surface area contributed by atoms with Gasteiger partial charge in [-0.2, -0.15) is 0 Å². The van der Waals surface area contributed by atoms with Crippen LogP contribution in [0.5, 0.6) is 5.75 Å². The summed E-state index contributed by atoms with van der Waals surface area (Å²) in [6.07, 6.45) is 1.65. The van der Waals surface area contributed by atoms with Crippen LogP contribution in [0.25, 0.3) is 0 Å². The maximum atomic E-state index is 12.9. The van der Waals surface area contributed by atoms with E-state index in [4.69, 9.17) is 16.3 Å². The number of thioether (sulfide) groups is 1. The van der Waals surface area contributed by atoms with Gasteiger partial charge in [-0.25, -0.2) is 4.99 Å². The van der Waals surface area contributed by atoms with Gasteiger partial charge in [-0.3, -0.25) is 14.5 Å². The van der Waals surface area contributed by atoms with Crippen molar-refractivity contribution in [3.63, 3.8) is 0 Å². The molecule has 1 aliphatic heterocycles. The number of amidine groups is 1. The van der Waals surface area contributed by atoms with Crippen LogP contribution in [0, 0.1) is 13.8 Å². The third-order valence-electron chi connectivity index (χ3n) is 4.85. The Morgan fingerprint density at radius 3 is 2.74 bits per heavy atom. The van der Waals surface area contributed by atoms with Gasteiger partial charge in [-0.05, 0) is 55.3 Å². The van der Waals surface area contributed by atoms with Crippen molar-refractivity contribution in [2.24, 2.45) is 4.99 Å². The second-order valence-electron chi connectivity index (χ2n) is 7.10. The number of hydrogen-bond donors (Lipinski definition) is 1. The zero-order valence-electron chi connectivity index (χ0n) is 17.6. The van der Waals surface area contributed by atoms with Crippen molar-refractivity contribution < 1.29 is 14.3 Å². The third kappa shape index (κ3) is 5.48. The highest BCUT2D eigenvalue weighted by Crippen LogP contribution is 2.33. The summed E-state index contributed by atoms with van der Waals surface area (Å²) in [5.41, 5.74) is 3.52.